The van der Waals surface area contributed by atoms with Crippen LogP contribution in [0.4, 0.5) is 0 Å². The minimum absolute atomic E-state index is 0.135. The molecule has 102 valence electrons. The lowest BCUT2D eigenvalue weighted by Gasteiger charge is -2.14. The number of rotatable bonds is 3. The molecule has 20 heavy (non-hydrogen) atoms. The van der Waals surface area contributed by atoms with Crippen LogP contribution in [0.3, 0.4) is 0 Å². The second-order valence-corrected chi connectivity index (χ2v) is 5.85. The summed E-state index contributed by atoms with van der Waals surface area (Å²) in [6.45, 7) is 2.13. The standard InChI is InChI=1S/C16H17N3O/c1-10-4-2-3-5-12(10)13-8-9-14-17-16(18-19(13)14)15(20)11-6-7-11/h2-5,11,13H,6-9H2,1H3. The van der Waals surface area contributed by atoms with Crippen molar-refractivity contribution in [3.05, 3.63) is 47.0 Å². The lowest BCUT2D eigenvalue weighted by Crippen LogP contribution is -2.11. The van der Waals surface area contributed by atoms with Crippen LogP contribution in [0.5, 0.6) is 0 Å². The fourth-order valence-electron chi connectivity index (χ4n) is 3.04. The molecule has 0 bridgehead atoms. The molecule has 1 aliphatic heterocycles. The number of ketones is 1. The molecule has 1 fully saturated rings. The zero-order valence-corrected chi connectivity index (χ0v) is 11.5. The van der Waals surface area contributed by atoms with Crippen molar-refractivity contribution in [1.29, 1.82) is 0 Å². The first-order chi connectivity index (χ1) is 9.74. The fourth-order valence-corrected chi connectivity index (χ4v) is 3.04. The van der Waals surface area contributed by atoms with Gasteiger partial charge in [-0.15, -0.1) is 5.10 Å². The number of carbonyl (C=O) groups excluding carboxylic acids is 1. The van der Waals surface area contributed by atoms with Crippen LogP contribution in [0.1, 0.15) is 52.9 Å². The molecule has 4 heteroatoms. The van der Waals surface area contributed by atoms with E-state index in [-0.39, 0.29) is 17.7 Å². The van der Waals surface area contributed by atoms with Crippen LogP contribution in [0.25, 0.3) is 0 Å². The Bertz CT molecular complexity index is 685. The number of benzene rings is 1. The van der Waals surface area contributed by atoms with Crippen LogP contribution in [-0.4, -0.2) is 20.5 Å². The predicted molar refractivity (Wildman–Crippen MR) is 74.7 cm³/mol. The highest BCUT2D eigenvalue weighted by atomic mass is 16.1. The van der Waals surface area contributed by atoms with Crippen LogP contribution < -0.4 is 0 Å². The molecule has 1 atom stereocenters. The Morgan fingerprint density at radius 1 is 1.25 bits per heavy atom. The largest absolute Gasteiger partial charge is 0.290 e. The Hall–Kier alpha value is -1.97. The molecule has 1 aliphatic carbocycles. The average molecular weight is 267 g/mol. The molecular formula is C16H17N3O. The number of nitrogens with zero attached hydrogens (tertiary/aromatic N) is 3. The molecule has 0 amide bonds. The molecule has 4 nitrogen and oxygen atoms in total. The lowest BCUT2D eigenvalue weighted by atomic mass is 10.00. The smallest absolute Gasteiger partial charge is 0.217 e. The van der Waals surface area contributed by atoms with Gasteiger partial charge in [-0.05, 0) is 37.3 Å². The highest BCUT2D eigenvalue weighted by molar-refractivity contribution is 5.95. The molecule has 1 unspecified atom stereocenters. The van der Waals surface area contributed by atoms with Crippen molar-refractivity contribution in [2.24, 2.45) is 5.92 Å². The van der Waals surface area contributed by atoms with Gasteiger partial charge in [-0.25, -0.2) is 9.67 Å². The predicted octanol–water partition coefficient (Wildman–Crippen LogP) is 2.71. The van der Waals surface area contributed by atoms with Gasteiger partial charge < -0.3 is 0 Å². The van der Waals surface area contributed by atoms with Gasteiger partial charge in [-0.2, -0.15) is 0 Å². The van der Waals surface area contributed by atoms with E-state index in [1.165, 1.54) is 11.1 Å². The Morgan fingerprint density at radius 3 is 2.80 bits per heavy atom. The number of hydrogen-bond acceptors (Lipinski definition) is 3. The highest BCUT2D eigenvalue weighted by Gasteiger charge is 2.35. The Kier molecular flexibility index (Phi) is 2.52. The second-order valence-electron chi connectivity index (χ2n) is 5.85. The van der Waals surface area contributed by atoms with E-state index in [2.05, 4.69) is 41.3 Å². The molecule has 1 aromatic carbocycles. The molecular weight excluding hydrogens is 250 g/mol. The third kappa shape index (κ3) is 1.79. The topological polar surface area (TPSA) is 47.8 Å². The summed E-state index contributed by atoms with van der Waals surface area (Å²) in [5.41, 5.74) is 2.57. The first kappa shape index (κ1) is 11.8. The molecule has 0 spiro atoms. The number of Topliss-reactive ketones (excluding diaryl/α,β-unsaturated/α-hetero) is 1. The van der Waals surface area contributed by atoms with Gasteiger partial charge in [-0.3, -0.25) is 4.79 Å². The minimum atomic E-state index is 0.135. The van der Waals surface area contributed by atoms with Gasteiger partial charge in [0.2, 0.25) is 11.6 Å². The average Bonchev–Trinajstić information content (AvgIpc) is 3.09. The third-order valence-electron chi connectivity index (χ3n) is 4.35. The van der Waals surface area contributed by atoms with E-state index in [9.17, 15) is 4.79 Å². The van der Waals surface area contributed by atoms with E-state index in [0.29, 0.717) is 5.82 Å². The van der Waals surface area contributed by atoms with Crippen LogP contribution in [0, 0.1) is 12.8 Å². The van der Waals surface area contributed by atoms with Crippen molar-refractivity contribution < 1.29 is 4.79 Å². The molecule has 4 rings (SSSR count). The van der Waals surface area contributed by atoms with E-state index in [0.717, 1.165) is 31.5 Å². The van der Waals surface area contributed by atoms with E-state index >= 15 is 0 Å². The summed E-state index contributed by atoms with van der Waals surface area (Å²) in [6, 6.07) is 8.63. The molecule has 0 saturated heterocycles. The first-order valence-corrected chi connectivity index (χ1v) is 7.29. The SMILES string of the molecule is Cc1ccccc1C1CCc2nc(C(=O)C3CC3)nn21. The third-order valence-corrected chi connectivity index (χ3v) is 4.35. The van der Waals surface area contributed by atoms with E-state index in [1.807, 2.05) is 4.68 Å². The molecule has 0 N–H and O–H groups in total. The quantitative estimate of drug-likeness (QED) is 0.803. The van der Waals surface area contributed by atoms with Crippen LogP contribution in [-0.2, 0) is 6.42 Å². The summed E-state index contributed by atoms with van der Waals surface area (Å²) in [5, 5.41) is 4.51. The summed E-state index contributed by atoms with van der Waals surface area (Å²) in [7, 11) is 0. The summed E-state index contributed by atoms with van der Waals surface area (Å²) in [4.78, 5) is 16.5. The lowest BCUT2D eigenvalue weighted by molar-refractivity contribution is 0.0957. The number of fused-ring (bicyclic) bond motifs is 1. The van der Waals surface area contributed by atoms with Gasteiger partial charge >= 0.3 is 0 Å². The monoisotopic (exact) mass is 267 g/mol. The molecule has 2 heterocycles. The number of hydrogen-bond donors (Lipinski definition) is 0. The summed E-state index contributed by atoms with van der Waals surface area (Å²) >= 11 is 0. The van der Waals surface area contributed by atoms with Crippen LogP contribution >= 0.6 is 0 Å². The summed E-state index contributed by atoms with van der Waals surface area (Å²) in [5.74, 6) is 1.72. The molecule has 2 aliphatic rings. The van der Waals surface area contributed by atoms with E-state index in [4.69, 9.17) is 0 Å². The van der Waals surface area contributed by atoms with Crippen molar-refractivity contribution in [2.45, 2.75) is 38.6 Å². The van der Waals surface area contributed by atoms with Gasteiger partial charge in [0.05, 0.1) is 6.04 Å². The normalized spacial score (nSPS) is 20.9. The summed E-state index contributed by atoms with van der Waals surface area (Å²) in [6.07, 6.45) is 3.94. The highest BCUT2D eigenvalue weighted by Crippen LogP contribution is 2.35. The number of carbonyl (C=O) groups is 1. The molecule has 2 aromatic rings. The Balaban J connectivity index is 1.71. The number of aryl methyl sites for hydroxylation is 2. The maximum absolute atomic E-state index is 12.1. The van der Waals surface area contributed by atoms with Gasteiger partial charge in [0.25, 0.3) is 0 Å². The van der Waals surface area contributed by atoms with Gasteiger partial charge in [0.15, 0.2) is 0 Å². The van der Waals surface area contributed by atoms with Gasteiger partial charge in [0, 0.05) is 12.3 Å². The molecule has 1 saturated carbocycles. The van der Waals surface area contributed by atoms with Crippen LogP contribution in [0.15, 0.2) is 24.3 Å². The Morgan fingerprint density at radius 2 is 2.05 bits per heavy atom. The first-order valence-electron chi connectivity index (χ1n) is 7.29. The zero-order chi connectivity index (χ0) is 13.7. The van der Waals surface area contributed by atoms with Crippen LogP contribution in [0.2, 0.25) is 0 Å². The molecule has 1 aromatic heterocycles. The maximum Gasteiger partial charge on any atom is 0.217 e. The van der Waals surface area contributed by atoms with Crippen molar-refractivity contribution in [2.75, 3.05) is 0 Å². The minimum Gasteiger partial charge on any atom is -0.290 e. The van der Waals surface area contributed by atoms with Crippen molar-refractivity contribution in [1.82, 2.24) is 14.8 Å². The fraction of sp³-hybridized carbons (Fsp3) is 0.438. The van der Waals surface area contributed by atoms with Crippen molar-refractivity contribution in [3.63, 3.8) is 0 Å². The maximum atomic E-state index is 12.1. The van der Waals surface area contributed by atoms with Crippen molar-refractivity contribution in [3.8, 4) is 0 Å². The van der Waals surface area contributed by atoms with Gasteiger partial charge in [-0.1, -0.05) is 24.3 Å². The van der Waals surface area contributed by atoms with E-state index < -0.39 is 0 Å². The second kappa shape index (κ2) is 4.27. The molecule has 0 radical (unpaired) electrons. The van der Waals surface area contributed by atoms with Gasteiger partial charge in [0.1, 0.15) is 5.82 Å². The zero-order valence-electron chi connectivity index (χ0n) is 11.5. The number of aromatic nitrogens is 3. The van der Waals surface area contributed by atoms with E-state index in [1.54, 1.807) is 0 Å². The summed E-state index contributed by atoms with van der Waals surface area (Å²) < 4.78 is 1.97. The van der Waals surface area contributed by atoms with Crippen molar-refractivity contribution >= 4 is 5.78 Å². The Labute approximate surface area is 117 Å².